The predicted octanol–water partition coefficient (Wildman–Crippen LogP) is 4.76. The van der Waals surface area contributed by atoms with E-state index in [0.29, 0.717) is 6.42 Å². The van der Waals surface area contributed by atoms with Gasteiger partial charge in [0.05, 0.1) is 14.2 Å². The van der Waals surface area contributed by atoms with Crippen molar-refractivity contribution in [1.29, 1.82) is 0 Å². The molecule has 0 aliphatic carbocycles. The van der Waals surface area contributed by atoms with Gasteiger partial charge in [0, 0.05) is 17.1 Å². The second-order valence-electron chi connectivity index (χ2n) is 9.60. The van der Waals surface area contributed by atoms with E-state index in [1.165, 1.54) is 0 Å². The Balaban J connectivity index is 2.89. The Kier molecular flexibility index (Phi) is 10.3. The number of nitrogens with one attached hydrogen (secondary N) is 2. The summed E-state index contributed by atoms with van der Waals surface area (Å²) in [5.41, 5.74) is 3.90. The van der Waals surface area contributed by atoms with Crippen LogP contribution in [0.5, 0.6) is 11.5 Å². The summed E-state index contributed by atoms with van der Waals surface area (Å²) in [6, 6.07) is -0.0332. The van der Waals surface area contributed by atoms with E-state index >= 15 is 0 Å². The van der Waals surface area contributed by atoms with Crippen molar-refractivity contribution >= 4 is 12.0 Å². The SMILES string of the molecule is COc1c(C)c(C)c(OC)c(CCCC[C@H](OC(=O)NC(C)(C)C)C(=O)NC(C)C)c1C. The molecular formula is C25H42N2O5. The van der Waals surface area contributed by atoms with E-state index in [2.05, 4.69) is 10.6 Å². The average Bonchev–Trinajstić information content (AvgIpc) is 2.66. The van der Waals surface area contributed by atoms with Gasteiger partial charge in [-0.15, -0.1) is 0 Å². The summed E-state index contributed by atoms with van der Waals surface area (Å²) >= 11 is 0. The predicted molar refractivity (Wildman–Crippen MR) is 128 cm³/mol. The molecule has 2 amide bonds. The van der Waals surface area contributed by atoms with Gasteiger partial charge in [0.1, 0.15) is 11.5 Å². The summed E-state index contributed by atoms with van der Waals surface area (Å²) in [5.74, 6) is 1.50. The Morgan fingerprint density at radius 3 is 1.97 bits per heavy atom. The first-order valence-corrected chi connectivity index (χ1v) is 11.3. The Morgan fingerprint density at radius 2 is 1.47 bits per heavy atom. The monoisotopic (exact) mass is 450 g/mol. The van der Waals surface area contributed by atoms with E-state index in [1.54, 1.807) is 14.2 Å². The van der Waals surface area contributed by atoms with Crippen molar-refractivity contribution in [2.45, 2.75) is 98.8 Å². The summed E-state index contributed by atoms with van der Waals surface area (Å²) in [4.78, 5) is 24.8. The maximum Gasteiger partial charge on any atom is 0.408 e. The molecule has 1 rings (SSSR count). The first-order valence-electron chi connectivity index (χ1n) is 11.3. The van der Waals surface area contributed by atoms with Crippen LogP contribution in [0.25, 0.3) is 0 Å². The molecule has 0 radical (unpaired) electrons. The first kappa shape index (κ1) is 27.6. The number of amides is 2. The van der Waals surface area contributed by atoms with Crippen molar-refractivity contribution in [1.82, 2.24) is 10.6 Å². The standard InChI is InChI=1S/C25H42N2O5/c1-15(2)26-23(28)20(32-24(29)27-25(6,7)8)14-12-11-13-19-18(5)21(30-9)16(3)17(4)22(19)31-10/h15,20H,11-14H2,1-10H3,(H,26,28)(H,27,29)/t20-/m0/s1. The van der Waals surface area contributed by atoms with Crippen molar-refractivity contribution in [3.05, 3.63) is 22.3 Å². The Bertz CT molecular complexity index is 797. The highest BCUT2D eigenvalue weighted by Gasteiger charge is 2.25. The van der Waals surface area contributed by atoms with Gasteiger partial charge in [-0.25, -0.2) is 4.79 Å². The fourth-order valence-corrected chi connectivity index (χ4v) is 3.76. The highest BCUT2D eigenvalue weighted by atomic mass is 16.6. The number of rotatable bonds is 10. The summed E-state index contributed by atoms with van der Waals surface area (Å²) < 4.78 is 16.8. The minimum Gasteiger partial charge on any atom is -0.496 e. The molecule has 1 aromatic rings. The normalized spacial score (nSPS) is 12.3. The van der Waals surface area contributed by atoms with E-state index in [4.69, 9.17) is 14.2 Å². The number of unbranched alkanes of at least 4 members (excludes halogenated alkanes) is 1. The number of hydrogen-bond acceptors (Lipinski definition) is 5. The quantitative estimate of drug-likeness (QED) is 0.502. The number of benzene rings is 1. The van der Waals surface area contributed by atoms with E-state index in [9.17, 15) is 9.59 Å². The van der Waals surface area contributed by atoms with Crippen LogP contribution in [0.3, 0.4) is 0 Å². The molecule has 0 saturated heterocycles. The van der Waals surface area contributed by atoms with Gasteiger partial charge in [-0.1, -0.05) is 0 Å². The third-order valence-corrected chi connectivity index (χ3v) is 5.31. The maximum atomic E-state index is 12.6. The molecule has 0 saturated carbocycles. The Labute approximate surface area is 193 Å². The lowest BCUT2D eigenvalue weighted by molar-refractivity contribution is -0.130. The lowest BCUT2D eigenvalue weighted by Gasteiger charge is -2.24. The smallest absolute Gasteiger partial charge is 0.408 e. The molecule has 2 N–H and O–H groups in total. The summed E-state index contributed by atoms with van der Waals surface area (Å²) in [7, 11) is 3.37. The zero-order valence-corrected chi connectivity index (χ0v) is 21.5. The molecule has 1 atom stereocenters. The number of ether oxygens (including phenoxy) is 3. The van der Waals surface area contributed by atoms with E-state index in [-0.39, 0.29) is 11.9 Å². The molecule has 0 bridgehead atoms. The van der Waals surface area contributed by atoms with Gasteiger partial charge in [-0.2, -0.15) is 0 Å². The van der Waals surface area contributed by atoms with Crippen LogP contribution in [0.2, 0.25) is 0 Å². The van der Waals surface area contributed by atoms with Crippen LogP contribution in [-0.4, -0.2) is 43.9 Å². The molecule has 0 heterocycles. The lowest BCUT2D eigenvalue weighted by atomic mass is 9.93. The first-order chi connectivity index (χ1) is 14.8. The molecule has 0 spiro atoms. The highest BCUT2D eigenvalue weighted by molar-refractivity contribution is 5.83. The molecule has 0 aliphatic rings. The highest BCUT2D eigenvalue weighted by Crippen LogP contribution is 2.38. The van der Waals surface area contributed by atoms with Crippen molar-refractivity contribution in [2.75, 3.05) is 14.2 Å². The topological polar surface area (TPSA) is 85.9 Å². The van der Waals surface area contributed by atoms with Crippen LogP contribution in [0.4, 0.5) is 4.79 Å². The van der Waals surface area contributed by atoms with E-state index < -0.39 is 17.7 Å². The third-order valence-electron chi connectivity index (χ3n) is 5.31. The summed E-state index contributed by atoms with van der Waals surface area (Å²) in [6.07, 6.45) is 1.34. The fraction of sp³-hybridized carbons (Fsp3) is 0.680. The molecule has 0 fully saturated rings. The van der Waals surface area contributed by atoms with Gasteiger partial charge in [-0.3, -0.25) is 4.79 Å². The molecule has 7 heteroatoms. The van der Waals surface area contributed by atoms with Crippen LogP contribution in [0.15, 0.2) is 0 Å². The number of methoxy groups -OCH3 is 2. The molecular weight excluding hydrogens is 408 g/mol. The molecule has 7 nitrogen and oxygen atoms in total. The van der Waals surface area contributed by atoms with Gasteiger partial charge in [0.2, 0.25) is 0 Å². The number of hydrogen-bond donors (Lipinski definition) is 2. The number of carbonyl (C=O) groups excluding carboxylic acids is 2. The van der Waals surface area contributed by atoms with E-state index in [1.807, 2.05) is 55.4 Å². The zero-order valence-electron chi connectivity index (χ0n) is 21.5. The van der Waals surface area contributed by atoms with Crippen molar-refractivity contribution in [2.24, 2.45) is 0 Å². The number of alkyl carbamates (subject to hydrolysis) is 1. The van der Waals surface area contributed by atoms with Crippen LogP contribution >= 0.6 is 0 Å². The number of carbonyl (C=O) groups is 2. The lowest BCUT2D eigenvalue weighted by Crippen LogP contribution is -2.46. The summed E-state index contributed by atoms with van der Waals surface area (Å²) in [5, 5.41) is 5.59. The Morgan fingerprint density at radius 1 is 0.906 bits per heavy atom. The maximum absolute atomic E-state index is 12.6. The second-order valence-corrected chi connectivity index (χ2v) is 9.60. The minimum atomic E-state index is -0.836. The molecule has 0 aliphatic heterocycles. The minimum absolute atomic E-state index is 0.0332. The van der Waals surface area contributed by atoms with Gasteiger partial charge in [-0.05, 0) is 97.8 Å². The largest absolute Gasteiger partial charge is 0.496 e. The molecule has 0 unspecified atom stereocenters. The van der Waals surface area contributed by atoms with Gasteiger partial charge >= 0.3 is 6.09 Å². The molecule has 1 aromatic carbocycles. The van der Waals surface area contributed by atoms with Crippen LogP contribution in [0, 0.1) is 20.8 Å². The van der Waals surface area contributed by atoms with Gasteiger partial charge in [0.25, 0.3) is 5.91 Å². The van der Waals surface area contributed by atoms with Crippen molar-refractivity contribution in [3.63, 3.8) is 0 Å². The van der Waals surface area contributed by atoms with Crippen molar-refractivity contribution < 1.29 is 23.8 Å². The fourth-order valence-electron chi connectivity index (χ4n) is 3.76. The second kappa shape index (κ2) is 12.0. The van der Waals surface area contributed by atoms with Crippen LogP contribution in [0.1, 0.15) is 76.1 Å². The van der Waals surface area contributed by atoms with Crippen LogP contribution in [-0.2, 0) is 16.0 Å². The van der Waals surface area contributed by atoms with Crippen molar-refractivity contribution in [3.8, 4) is 11.5 Å². The Hall–Kier alpha value is -2.44. The average molecular weight is 451 g/mol. The molecule has 0 aromatic heterocycles. The molecule has 182 valence electrons. The molecule has 32 heavy (non-hydrogen) atoms. The van der Waals surface area contributed by atoms with Crippen LogP contribution < -0.4 is 20.1 Å². The van der Waals surface area contributed by atoms with Gasteiger partial charge < -0.3 is 24.8 Å². The van der Waals surface area contributed by atoms with Gasteiger partial charge in [0.15, 0.2) is 6.10 Å². The zero-order chi connectivity index (χ0) is 24.6. The third kappa shape index (κ3) is 7.92. The van der Waals surface area contributed by atoms with E-state index in [0.717, 1.165) is 53.0 Å². The summed E-state index contributed by atoms with van der Waals surface area (Å²) in [6.45, 7) is 15.5.